The van der Waals surface area contributed by atoms with Crippen LogP contribution in [0, 0.1) is 0 Å². The van der Waals surface area contributed by atoms with Gasteiger partial charge in [0.1, 0.15) is 28.9 Å². The van der Waals surface area contributed by atoms with E-state index in [1.54, 1.807) is 23.7 Å². The highest BCUT2D eigenvalue weighted by molar-refractivity contribution is 6.15. The monoisotopic (exact) mass is 451 g/mol. The number of benzene rings is 1. The van der Waals surface area contributed by atoms with Gasteiger partial charge in [-0.1, -0.05) is 0 Å². The van der Waals surface area contributed by atoms with Crippen LogP contribution in [0.15, 0.2) is 52.0 Å². The Morgan fingerprint density at radius 2 is 2.24 bits per heavy atom. The molecule has 0 radical (unpaired) electrons. The minimum absolute atomic E-state index is 0.00627. The van der Waals surface area contributed by atoms with Gasteiger partial charge in [0, 0.05) is 55.2 Å². The molecule has 0 bridgehead atoms. The second-order valence-electron chi connectivity index (χ2n) is 8.35. The number of amides is 1. The van der Waals surface area contributed by atoms with Crippen molar-refractivity contribution in [2.75, 3.05) is 31.1 Å². The van der Waals surface area contributed by atoms with Gasteiger partial charge in [0.05, 0.1) is 12.2 Å². The lowest BCUT2D eigenvalue weighted by atomic mass is 10.0. The second-order valence-corrected chi connectivity index (χ2v) is 8.35. The van der Waals surface area contributed by atoms with Crippen LogP contribution in [0.25, 0.3) is 10.9 Å². The molecule has 1 aromatic carbocycles. The number of carbonyl (C=O) groups excluding carboxylic acids is 1. The minimum atomic E-state index is -0.515. The number of hydrogen-bond acceptors (Lipinski definition) is 7. The largest absolute Gasteiger partial charge is 0.395 e. The number of aliphatic hydroxyl groups excluding tert-OH is 1. The molecule has 2 unspecified atom stereocenters. The Balaban J connectivity index is 1.46. The standard InChI is InChI=1S/C23H26FN7O2/c1-3-31-11-17-20(30-7-6-25-15(10-30)12-32)5-4-16(21(17)29-31)23(33)28-14-8-18(24)22-19(9-14)26-13(2)27-22/h4-5,8-9,11,15,19,25,32H,3,6-7,10,12H2,1-2H3,(H,28,33). The first kappa shape index (κ1) is 21.5. The third kappa shape index (κ3) is 3.96. The molecule has 1 aliphatic carbocycles. The van der Waals surface area contributed by atoms with E-state index in [4.69, 9.17) is 0 Å². The van der Waals surface area contributed by atoms with Gasteiger partial charge >= 0.3 is 0 Å². The Kier molecular flexibility index (Phi) is 5.55. The van der Waals surface area contributed by atoms with Gasteiger partial charge in [-0.05, 0) is 38.1 Å². The van der Waals surface area contributed by atoms with Crippen molar-refractivity contribution in [3.8, 4) is 0 Å². The zero-order valence-corrected chi connectivity index (χ0v) is 18.5. The molecule has 1 amide bonds. The van der Waals surface area contributed by atoms with Gasteiger partial charge in [0.25, 0.3) is 5.91 Å². The lowest BCUT2D eigenvalue weighted by Gasteiger charge is -2.34. The van der Waals surface area contributed by atoms with Crippen LogP contribution in [0.3, 0.4) is 0 Å². The van der Waals surface area contributed by atoms with Gasteiger partial charge in [0.2, 0.25) is 0 Å². The number of halogens is 1. The van der Waals surface area contributed by atoms with Crippen LogP contribution >= 0.6 is 0 Å². The number of fused-ring (bicyclic) bond motifs is 2. The fourth-order valence-corrected chi connectivity index (χ4v) is 4.47. The van der Waals surface area contributed by atoms with Crippen molar-refractivity contribution in [2.45, 2.75) is 32.5 Å². The van der Waals surface area contributed by atoms with Gasteiger partial charge in [-0.25, -0.2) is 9.38 Å². The van der Waals surface area contributed by atoms with E-state index in [0.717, 1.165) is 24.2 Å². The quantitative estimate of drug-likeness (QED) is 0.640. The van der Waals surface area contributed by atoms with E-state index >= 15 is 0 Å². The number of allylic oxidation sites excluding steroid dienone is 1. The van der Waals surface area contributed by atoms with E-state index in [2.05, 4.69) is 30.6 Å². The average Bonchev–Trinajstić information content (AvgIpc) is 3.41. The number of aliphatic imine (C=N–C) groups is 2. The van der Waals surface area contributed by atoms with Crippen molar-refractivity contribution in [1.29, 1.82) is 0 Å². The number of hydrogen-bond donors (Lipinski definition) is 3. The molecule has 3 heterocycles. The SMILES string of the molecule is CCn1cc2c(N3CCNC(CO)C3)ccc(C(=O)NC3=CC4N=C(C)N=C4C(F)=C3)c2n1. The number of amidine groups is 1. The van der Waals surface area contributed by atoms with Crippen LogP contribution in [0.4, 0.5) is 10.1 Å². The fraction of sp³-hybridized carbons (Fsp3) is 0.391. The van der Waals surface area contributed by atoms with Crippen LogP contribution < -0.4 is 15.5 Å². The van der Waals surface area contributed by atoms with Crippen molar-refractivity contribution >= 4 is 34.0 Å². The van der Waals surface area contributed by atoms with E-state index in [1.807, 2.05) is 19.2 Å². The Labute approximate surface area is 190 Å². The number of piperazine rings is 1. The molecule has 1 saturated heterocycles. The molecular weight excluding hydrogens is 425 g/mol. The summed E-state index contributed by atoms with van der Waals surface area (Å²) in [5, 5.41) is 21.2. The predicted octanol–water partition coefficient (Wildman–Crippen LogP) is 1.55. The Morgan fingerprint density at radius 3 is 3.03 bits per heavy atom. The third-order valence-electron chi connectivity index (χ3n) is 6.10. The van der Waals surface area contributed by atoms with Crippen molar-refractivity contribution in [3.05, 3.63) is 47.6 Å². The molecule has 3 N–H and O–H groups in total. The summed E-state index contributed by atoms with van der Waals surface area (Å²) in [6.07, 6.45) is 4.91. The van der Waals surface area contributed by atoms with Crippen molar-refractivity contribution in [1.82, 2.24) is 20.4 Å². The summed E-state index contributed by atoms with van der Waals surface area (Å²) in [6.45, 7) is 6.64. The molecule has 2 aromatic rings. The van der Waals surface area contributed by atoms with Crippen LogP contribution in [0.1, 0.15) is 24.2 Å². The Morgan fingerprint density at radius 1 is 1.39 bits per heavy atom. The number of aromatic nitrogens is 2. The van der Waals surface area contributed by atoms with Gasteiger partial charge in [-0.2, -0.15) is 5.10 Å². The molecular formula is C23H26FN7O2. The van der Waals surface area contributed by atoms with E-state index in [0.29, 0.717) is 35.7 Å². The van der Waals surface area contributed by atoms with Crippen LogP contribution in [-0.2, 0) is 6.54 Å². The average molecular weight is 452 g/mol. The maximum atomic E-state index is 14.5. The molecule has 1 fully saturated rings. The van der Waals surface area contributed by atoms with Gasteiger partial charge < -0.3 is 20.6 Å². The number of aliphatic hydroxyl groups is 1. The zero-order valence-electron chi connectivity index (χ0n) is 18.5. The van der Waals surface area contributed by atoms with Crippen molar-refractivity contribution < 1.29 is 14.3 Å². The number of rotatable bonds is 5. The topological polar surface area (TPSA) is 107 Å². The highest BCUT2D eigenvalue weighted by atomic mass is 19.1. The van der Waals surface area contributed by atoms with E-state index in [-0.39, 0.29) is 24.3 Å². The van der Waals surface area contributed by atoms with Crippen LogP contribution in [0.2, 0.25) is 0 Å². The molecule has 1 aromatic heterocycles. The summed E-state index contributed by atoms with van der Waals surface area (Å²) in [5.74, 6) is -0.344. The van der Waals surface area contributed by atoms with Gasteiger partial charge in [-0.3, -0.25) is 14.5 Å². The smallest absolute Gasteiger partial charge is 0.257 e. The molecule has 9 nitrogen and oxygen atoms in total. The van der Waals surface area contributed by atoms with Gasteiger partial charge in [-0.15, -0.1) is 0 Å². The first-order valence-electron chi connectivity index (χ1n) is 11.1. The molecule has 172 valence electrons. The normalized spacial score (nSPS) is 22.5. The fourth-order valence-electron chi connectivity index (χ4n) is 4.47. The molecule has 5 rings (SSSR count). The summed E-state index contributed by atoms with van der Waals surface area (Å²) in [4.78, 5) is 23.8. The zero-order chi connectivity index (χ0) is 23.1. The van der Waals surface area contributed by atoms with Crippen LogP contribution in [-0.4, -0.2) is 70.7 Å². The maximum Gasteiger partial charge on any atom is 0.257 e. The lowest BCUT2D eigenvalue weighted by Crippen LogP contribution is -2.52. The van der Waals surface area contributed by atoms with E-state index in [1.165, 1.54) is 6.08 Å². The number of nitrogens with zero attached hydrogens (tertiary/aromatic N) is 5. The summed E-state index contributed by atoms with van der Waals surface area (Å²) in [5.41, 5.74) is 2.59. The maximum absolute atomic E-state index is 14.5. The minimum Gasteiger partial charge on any atom is -0.395 e. The predicted molar refractivity (Wildman–Crippen MR) is 126 cm³/mol. The summed E-state index contributed by atoms with van der Waals surface area (Å²) in [6, 6.07) is 3.15. The first-order valence-corrected chi connectivity index (χ1v) is 11.1. The molecule has 0 saturated carbocycles. The van der Waals surface area contributed by atoms with Crippen molar-refractivity contribution in [3.63, 3.8) is 0 Å². The Hall–Kier alpha value is -3.37. The second kappa shape index (κ2) is 8.53. The summed E-state index contributed by atoms with van der Waals surface area (Å²) < 4.78 is 16.3. The number of carbonyl (C=O) groups is 1. The van der Waals surface area contributed by atoms with E-state index in [9.17, 15) is 14.3 Å². The molecule has 2 atom stereocenters. The summed E-state index contributed by atoms with van der Waals surface area (Å²) in [7, 11) is 0. The molecule has 10 heteroatoms. The van der Waals surface area contributed by atoms with Crippen molar-refractivity contribution in [2.24, 2.45) is 9.98 Å². The molecule has 3 aliphatic rings. The highest BCUT2D eigenvalue weighted by Crippen LogP contribution is 2.30. The van der Waals surface area contributed by atoms with Gasteiger partial charge in [0.15, 0.2) is 0 Å². The molecule has 33 heavy (non-hydrogen) atoms. The molecule has 0 spiro atoms. The number of anilines is 1. The highest BCUT2D eigenvalue weighted by Gasteiger charge is 2.28. The summed E-state index contributed by atoms with van der Waals surface area (Å²) >= 11 is 0. The lowest BCUT2D eigenvalue weighted by molar-refractivity contribution is 0.0968. The number of aryl methyl sites for hydroxylation is 1. The Bertz CT molecular complexity index is 1240. The van der Waals surface area contributed by atoms with Crippen LogP contribution in [0.5, 0.6) is 0 Å². The number of nitrogens with one attached hydrogen (secondary N) is 2. The molecule has 2 aliphatic heterocycles. The first-order chi connectivity index (χ1) is 16.0. The van der Waals surface area contributed by atoms with E-state index < -0.39 is 11.9 Å². The third-order valence-corrected chi connectivity index (χ3v) is 6.10.